The van der Waals surface area contributed by atoms with Crippen LogP contribution in [0.2, 0.25) is 0 Å². The maximum atomic E-state index is 13.2. The molecule has 4 heteroatoms. The highest BCUT2D eigenvalue weighted by Gasteiger charge is 2.48. The van der Waals surface area contributed by atoms with Crippen molar-refractivity contribution in [1.29, 1.82) is 0 Å². The lowest BCUT2D eigenvalue weighted by Crippen LogP contribution is -2.45. The summed E-state index contributed by atoms with van der Waals surface area (Å²) < 4.78 is 39.6. The molecular weight excluding hydrogens is 251 g/mol. The lowest BCUT2D eigenvalue weighted by molar-refractivity contribution is -0.198. The summed E-state index contributed by atoms with van der Waals surface area (Å²) in [5.41, 5.74) is 1.22. The summed E-state index contributed by atoms with van der Waals surface area (Å²) in [5, 5.41) is 3.18. The van der Waals surface area contributed by atoms with Crippen molar-refractivity contribution in [2.24, 2.45) is 11.8 Å². The molecule has 0 aromatic carbocycles. The molecule has 1 N–H and O–H groups in total. The van der Waals surface area contributed by atoms with Gasteiger partial charge in [-0.25, -0.2) is 0 Å². The van der Waals surface area contributed by atoms with E-state index in [0.717, 1.165) is 32.1 Å². The molecule has 1 saturated carbocycles. The first-order valence-electron chi connectivity index (χ1n) is 7.47. The first kappa shape index (κ1) is 14.9. The van der Waals surface area contributed by atoms with Crippen LogP contribution in [0.5, 0.6) is 0 Å². The van der Waals surface area contributed by atoms with Crippen LogP contribution >= 0.6 is 0 Å². The van der Waals surface area contributed by atoms with Gasteiger partial charge >= 0.3 is 6.18 Å². The van der Waals surface area contributed by atoms with Crippen molar-refractivity contribution in [3.63, 3.8) is 0 Å². The molecule has 110 valence electrons. The molecule has 0 aromatic rings. The maximum Gasteiger partial charge on any atom is 0.392 e. The Kier molecular flexibility index (Phi) is 4.93. The van der Waals surface area contributed by atoms with Gasteiger partial charge in [-0.05, 0) is 51.5 Å². The second kappa shape index (κ2) is 6.29. The van der Waals surface area contributed by atoms with Crippen molar-refractivity contribution < 1.29 is 13.2 Å². The van der Waals surface area contributed by atoms with Gasteiger partial charge in [0.15, 0.2) is 0 Å². The summed E-state index contributed by atoms with van der Waals surface area (Å²) >= 11 is 0. The molecule has 2 aliphatic carbocycles. The van der Waals surface area contributed by atoms with Gasteiger partial charge in [0, 0.05) is 6.04 Å². The van der Waals surface area contributed by atoms with Crippen LogP contribution in [0.4, 0.5) is 13.2 Å². The monoisotopic (exact) mass is 275 g/mol. The molecule has 2 aliphatic rings. The third kappa shape index (κ3) is 3.53. The van der Waals surface area contributed by atoms with Crippen LogP contribution in [0.1, 0.15) is 51.4 Å². The van der Waals surface area contributed by atoms with E-state index in [1.54, 1.807) is 0 Å². The Morgan fingerprint density at radius 3 is 2.47 bits per heavy atom. The van der Waals surface area contributed by atoms with Crippen molar-refractivity contribution in [3.05, 3.63) is 11.6 Å². The van der Waals surface area contributed by atoms with E-state index >= 15 is 0 Å². The minimum Gasteiger partial charge on any atom is -0.313 e. The topological polar surface area (TPSA) is 12.0 Å². The Balaban J connectivity index is 2.16. The van der Waals surface area contributed by atoms with E-state index in [1.807, 2.05) is 7.05 Å². The molecule has 19 heavy (non-hydrogen) atoms. The average Bonchev–Trinajstić information content (AvgIpc) is 2.40. The number of hydrogen-bond acceptors (Lipinski definition) is 1. The summed E-state index contributed by atoms with van der Waals surface area (Å²) in [6, 6.07) is -0.0766. The van der Waals surface area contributed by atoms with Crippen molar-refractivity contribution >= 4 is 0 Å². The highest BCUT2D eigenvalue weighted by molar-refractivity contribution is 5.16. The predicted octanol–water partition coefficient (Wildman–Crippen LogP) is 4.44. The van der Waals surface area contributed by atoms with E-state index in [9.17, 15) is 13.2 Å². The summed E-state index contributed by atoms with van der Waals surface area (Å²) in [6.07, 6.45) is 5.07. The van der Waals surface area contributed by atoms with Gasteiger partial charge in [0.25, 0.3) is 0 Å². The highest BCUT2D eigenvalue weighted by atomic mass is 19.4. The van der Waals surface area contributed by atoms with Crippen LogP contribution in [0.25, 0.3) is 0 Å². The summed E-state index contributed by atoms with van der Waals surface area (Å²) in [6.45, 7) is 0. The SMILES string of the molecule is CNC(C1=CCCCC1)C1CCCCC1C(F)(F)F. The number of alkyl halides is 3. The quantitative estimate of drug-likeness (QED) is 0.751. The van der Waals surface area contributed by atoms with Crippen LogP contribution < -0.4 is 5.32 Å². The number of halogens is 3. The highest BCUT2D eigenvalue weighted by Crippen LogP contribution is 2.44. The van der Waals surface area contributed by atoms with Gasteiger partial charge in [-0.2, -0.15) is 13.2 Å². The van der Waals surface area contributed by atoms with Crippen LogP contribution in [-0.4, -0.2) is 19.3 Å². The van der Waals surface area contributed by atoms with E-state index in [0.29, 0.717) is 12.8 Å². The van der Waals surface area contributed by atoms with Crippen LogP contribution in [0.15, 0.2) is 11.6 Å². The van der Waals surface area contributed by atoms with Crippen molar-refractivity contribution in [2.75, 3.05) is 7.05 Å². The zero-order chi connectivity index (χ0) is 13.9. The number of allylic oxidation sites excluding steroid dienone is 1. The summed E-state index contributed by atoms with van der Waals surface area (Å²) in [5.74, 6) is -1.40. The second-order valence-corrected chi connectivity index (χ2v) is 5.89. The fourth-order valence-corrected chi connectivity index (χ4v) is 3.78. The molecule has 3 atom stereocenters. The Bertz CT molecular complexity index is 322. The van der Waals surface area contributed by atoms with Crippen LogP contribution in [0.3, 0.4) is 0 Å². The van der Waals surface area contributed by atoms with Gasteiger partial charge in [0.2, 0.25) is 0 Å². The predicted molar refractivity (Wildman–Crippen MR) is 70.9 cm³/mol. The third-order valence-electron chi connectivity index (χ3n) is 4.70. The minimum atomic E-state index is -4.05. The van der Waals surface area contributed by atoms with E-state index in [4.69, 9.17) is 0 Å². The minimum absolute atomic E-state index is 0.0766. The summed E-state index contributed by atoms with van der Waals surface area (Å²) in [7, 11) is 1.81. The van der Waals surface area contributed by atoms with Crippen LogP contribution in [-0.2, 0) is 0 Å². The Morgan fingerprint density at radius 1 is 1.16 bits per heavy atom. The smallest absolute Gasteiger partial charge is 0.313 e. The van der Waals surface area contributed by atoms with E-state index < -0.39 is 12.1 Å². The Labute approximate surface area is 113 Å². The molecule has 0 aromatic heterocycles. The van der Waals surface area contributed by atoms with Crippen molar-refractivity contribution in [3.8, 4) is 0 Å². The van der Waals surface area contributed by atoms with Gasteiger partial charge < -0.3 is 5.32 Å². The molecule has 0 spiro atoms. The third-order valence-corrected chi connectivity index (χ3v) is 4.70. The first-order valence-corrected chi connectivity index (χ1v) is 7.47. The van der Waals surface area contributed by atoms with Gasteiger partial charge in [-0.15, -0.1) is 0 Å². The molecule has 2 rings (SSSR count). The number of rotatable bonds is 3. The molecular formula is C15H24F3N. The second-order valence-electron chi connectivity index (χ2n) is 5.89. The van der Waals surface area contributed by atoms with Gasteiger partial charge in [-0.3, -0.25) is 0 Å². The molecule has 0 heterocycles. The van der Waals surface area contributed by atoms with E-state index in [2.05, 4.69) is 11.4 Å². The number of likely N-dealkylation sites (N-methyl/N-ethyl adjacent to an activating group) is 1. The zero-order valence-electron chi connectivity index (χ0n) is 11.6. The van der Waals surface area contributed by atoms with Gasteiger partial charge in [0.05, 0.1) is 5.92 Å². The fourth-order valence-electron chi connectivity index (χ4n) is 3.78. The summed E-state index contributed by atoms with van der Waals surface area (Å²) in [4.78, 5) is 0. The molecule has 0 radical (unpaired) electrons. The molecule has 0 amide bonds. The normalized spacial score (nSPS) is 30.8. The first-order chi connectivity index (χ1) is 9.04. The van der Waals surface area contributed by atoms with E-state index in [1.165, 1.54) is 12.0 Å². The lowest BCUT2D eigenvalue weighted by atomic mass is 9.71. The lowest BCUT2D eigenvalue weighted by Gasteiger charge is -2.39. The largest absolute Gasteiger partial charge is 0.392 e. The molecule has 0 bridgehead atoms. The number of nitrogens with one attached hydrogen (secondary N) is 1. The van der Waals surface area contributed by atoms with Crippen molar-refractivity contribution in [2.45, 2.75) is 63.6 Å². The fraction of sp³-hybridized carbons (Fsp3) is 0.867. The molecule has 3 unspecified atom stereocenters. The van der Waals surface area contributed by atoms with Gasteiger partial charge in [-0.1, -0.05) is 24.5 Å². The number of hydrogen-bond donors (Lipinski definition) is 1. The van der Waals surface area contributed by atoms with Crippen LogP contribution in [0, 0.1) is 11.8 Å². The Hall–Kier alpha value is -0.510. The maximum absolute atomic E-state index is 13.2. The molecule has 0 saturated heterocycles. The zero-order valence-corrected chi connectivity index (χ0v) is 11.6. The molecule has 1 nitrogen and oxygen atoms in total. The standard InChI is InChI=1S/C15H24F3N/c1-19-14(11-7-3-2-4-8-11)12-9-5-6-10-13(12)15(16,17)18/h7,12-14,19H,2-6,8-10H2,1H3. The molecule has 0 aliphatic heterocycles. The van der Waals surface area contributed by atoms with Gasteiger partial charge in [0.1, 0.15) is 0 Å². The van der Waals surface area contributed by atoms with Crippen molar-refractivity contribution in [1.82, 2.24) is 5.32 Å². The Morgan fingerprint density at radius 2 is 1.89 bits per heavy atom. The van der Waals surface area contributed by atoms with E-state index in [-0.39, 0.29) is 12.0 Å². The molecule has 1 fully saturated rings. The average molecular weight is 275 g/mol.